The average Bonchev–Trinajstić information content (AvgIpc) is 2.78. The lowest BCUT2D eigenvalue weighted by atomic mass is 10.2. The molecule has 6 heteroatoms. The number of piperazine rings is 1. The standard InChI is InChI=1S/C14H21N3O3/c1-10(18)11-6-13(14(19)20)17(7-11)9-12-8-15(2)4-5-16(12)3/h6-7,12H,4-5,8-9H2,1-3H3,(H,19,20). The summed E-state index contributed by atoms with van der Waals surface area (Å²) in [4.78, 5) is 27.2. The lowest BCUT2D eigenvalue weighted by molar-refractivity contribution is 0.0674. The molecule has 2 heterocycles. The van der Waals surface area contributed by atoms with E-state index in [0.717, 1.165) is 19.6 Å². The first-order chi connectivity index (χ1) is 9.38. The third kappa shape index (κ3) is 3.08. The highest BCUT2D eigenvalue weighted by Crippen LogP contribution is 2.14. The highest BCUT2D eigenvalue weighted by molar-refractivity contribution is 5.97. The number of ketones is 1. The van der Waals surface area contributed by atoms with E-state index in [9.17, 15) is 14.7 Å². The van der Waals surface area contributed by atoms with E-state index in [2.05, 4.69) is 16.8 Å². The number of Topliss-reactive ketones (excluding diaryl/α,β-unsaturated/α-hetero) is 1. The number of carboxylic acids is 1. The topological polar surface area (TPSA) is 65.8 Å². The molecule has 1 N–H and O–H groups in total. The van der Waals surface area contributed by atoms with Crippen molar-refractivity contribution in [2.75, 3.05) is 33.7 Å². The molecule has 2 rings (SSSR count). The maximum atomic E-state index is 11.4. The largest absolute Gasteiger partial charge is 0.477 e. The van der Waals surface area contributed by atoms with Crippen LogP contribution in [0, 0.1) is 0 Å². The van der Waals surface area contributed by atoms with Crippen molar-refractivity contribution in [2.45, 2.75) is 19.5 Å². The highest BCUT2D eigenvalue weighted by atomic mass is 16.4. The average molecular weight is 279 g/mol. The molecule has 0 radical (unpaired) electrons. The van der Waals surface area contributed by atoms with Crippen LogP contribution in [0.2, 0.25) is 0 Å². The van der Waals surface area contributed by atoms with Gasteiger partial charge in [-0.15, -0.1) is 0 Å². The fraction of sp³-hybridized carbons (Fsp3) is 0.571. The first kappa shape index (κ1) is 14.7. The molecule has 1 aliphatic rings. The number of nitrogens with zero attached hydrogens (tertiary/aromatic N) is 3. The Bertz CT molecular complexity index is 524. The van der Waals surface area contributed by atoms with Crippen LogP contribution in [0.1, 0.15) is 27.8 Å². The third-order valence-electron chi connectivity index (χ3n) is 3.91. The summed E-state index contributed by atoms with van der Waals surface area (Å²) in [5, 5.41) is 9.25. The van der Waals surface area contributed by atoms with E-state index in [4.69, 9.17) is 0 Å². The monoisotopic (exact) mass is 279 g/mol. The number of hydrogen-bond acceptors (Lipinski definition) is 4. The van der Waals surface area contributed by atoms with Gasteiger partial charge in [-0.25, -0.2) is 4.79 Å². The number of carboxylic acid groups (broad SMARTS) is 1. The van der Waals surface area contributed by atoms with Crippen LogP contribution >= 0.6 is 0 Å². The molecule has 1 unspecified atom stereocenters. The minimum atomic E-state index is -0.996. The Balaban J connectivity index is 2.23. The fourth-order valence-electron chi connectivity index (χ4n) is 2.56. The number of rotatable bonds is 4. The Morgan fingerprint density at radius 3 is 2.65 bits per heavy atom. The quantitative estimate of drug-likeness (QED) is 0.819. The van der Waals surface area contributed by atoms with Crippen LogP contribution in [0.3, 0.4) is 0 Å². The van der Waals surface area contributed by atoms with Gasteiger partial charge in [0.15, 0.2) is 5.78 Å². The molecule has 1 aromatic heterocycles. The molecule has 0 aromatic carbocycles. The first-order valence-electron chi connectivity index (χ1n) is 6.71. The van der Waals surface area contributed by atoms with Gasteiger partial charge in [0.25, 0.3) is 0 Å². The van der Waals surface area contributed by atoms with Gasteiger partial charge in [-0.05, 0) is 27.1 Å². The Morgan fingerprint density at radius 2 is 2.05 bits per heavy atom. The zero-order valence-corrected chi connectivity index (χ0v) is 12.2. The first-order valence-corrected chi connectivity index (χ1v) is 6.71. The van der Waals surface area contributed by atoms with Crippen molar-refractivity contribution in [3.8, 4) is 0 Å². The van der Waals surface area contributed by atoms with E-state index in [0.29, 0.717) is 12.1 Å². The molecule has 1 aromatic rings. The molecule has 110 valence electrons. The van der Waals surface area contributed by atoms with Crippen molar-refractivity contribution >= 4 is 11.8 Å². The second kappa shape index (κ2) is 5.76. The summed E-state index contributed by atoms with van der Waals surface area (Å²) >= 11 is 0. The molecule has 0 amide bonds. The molecule has 1 fully saturated rings. The summed E-state index contributed by atoms with van der Waals surface area (Å²) in [6.07, 6.45) is 1.65. The molecule has 0 bridgehead atoms. The number of likely N-dealkylation sites (N-methyl/N-ethyl adjacent to an activating group) is 2. The van der Waals surface area contributed by atoms with Crippen LogP contribution in [0.4, 0.5) is 0 Å². The van der Waals surface area contributed by atoms with Gasteiger partial charge in [-0.3, -0.25) is 9.69 Å². The minimum Gasteiger partial charge on any atom is -0.477 e. The smallest absolute Gasteiger partial charge is 0.352 e. The molecular weight excluding hydrogens is 258 g/mol. The normalized spacial score (nSPS) is 21.1. The highest BCUT2D eigenvalue weighted by Gasteiger charge is 2.24. The summed E-state index contributed by atoms with van der Waals surface area (Å²) in [6.45, 7) is 4.90. The zero-order valence-electron chi connectivity index (χ0n) is 12.2. The van der Waals surface area contributed by atoms with Gasteiger partial charge >= 0.3 is 5.97 Å². The van der Waals surface area contributed by atoms with Gasteiger partial charge < -0.3 is 14.6 Å². The van der Waals surface area contributed by atoms with Gasteiger partial charge in [-0.1, -0.05) is 0 Å². The van der Waals surface area contributed by atoms with Crippen LogP contribution in [-0.4, -0.2) is 71.0 Å². The van der Waals surface area contributed by atoms with E-state index in [1.165, 1.54) is 13.0 Å². The molecule has 1 aliphatic heterocycles. The van der Waals surface area contributed by atoms with Crippen molar-refractivity contribution < 1.29 is 14.7 Å². The summed E-state index contributed by atoms with van der Waals surface area (Å²) in [6, 6.07) is 1.70. The SMILES string of the molecule is CC(=O)c1cc(C(=O)O)n(CC2CN(C)CCN2C)c1. The van der Waals surface area contributed by atoms with Gasteiger partial charge in [-0.2, -0.15) is 0 Å². The minimum absolute atomic E-state index is 0.111. The second-order valence-corrected chi connectivity index (χ2v) is 5.52. The van der Waals surface area contributed by atoms with E-state index in [-0.39, 0.29) is 17.5 Å². The van der Waals surface area contributed by atoms with Crippen molar-refractivity contribution in [3.63, 3.8) is 0 Å². The van der Waals surface area contributed by atoms with Crippen LogP contribution in [-0.2, 0) is 6.54 Å². The van der Waals surface area contributed by atoms with Gasteiger partial charge in [0.05, 0.1) is 0 Å². The van der Waals surface area contributed by atoms with E-state index < -0.39 is 5.97 Å². The third-order valence-corrected chi connectivity index (χ3v) is 3.91. The van der Waals surface area contributed by atoms with E-state index in [1.54, 1.807) is 10.8 Å². The fourth-order valence-corrected chi connectivity index (χ4v) is 2.56. The molecule has 0 saturated carbocycles. The van der Waals surface area contributed by atoms with Crippen molar-refractivity contribution in [1.82, 2.24) is 14.4 Å². The predicted molar refractivity (Wildman–Crippen MR) is 75.3 cm³/mol. The van der Waals surface area contributed by atoms with Crippen LogP contribution < -0.4 is 0 Å². The summed E-state index contributed by atoms with van der Waals surface area (Å²) in [5.41, 5.74) is 0.631. The van der Waals surface area contributed by atoms with Crippen LogP contribution in [0.5, 0.6) is 0 Å². The number of hydrogen-bond donors (Lipinski definition) is 1. The zero-order chi connectivity index (χ0) is 14.9. The van der Waals surface area contributed by atoms with Crippen LogP contribution in [0.25, 0.3) is 0 Å². The Morgan fingerprint density at radius 1 is 1.35 bits per heavy atom. The maximum Gasteiger partial charge on any atom is 0.352 e. The number of aromatic nitrogens is 1. The molecule has 1 atom stereocenters. The van der Waals surface area contributed by atoms with Gasteiger partial charge in [0.2, 0.25) is 0 Å². The maximum absolute atomic E-state index is 11.4. The molecule has 0 aliphatic carbocycles. The Kier molecular flexibility index (Phi) is 4.25. The Labute approximate surface area is 118 Å². The van der Waals surface area contributed by atoms with Crippen molar-refractivity contribution in [1.29, 1.82) is 0 Å². The van der Waals surface area contributed by atoms with Gasteiger partial charge in [0, 0.05) is 44.0 Å². The molecule has 20 heavy (non-hydrogen) atoms. The summed E-state index contributed by atoms with van der Waals surface area (Å²) in [7, 11) is 4.11. The molecular formula is C14H21N3O3. The molecule has 6 nitrogen and oxygen atoms in total. The van der Waals surface area contributed by atoms with Crippen molar-refractivity contribution in [2.24, 2.45) is 0 Å². The number of carbonyl (C=O) groups is 2. The second-order valence-electron chi connectivity index (χ2n) is 5.52. The Hall–Kier alpha value is -1.66. The van der Waals surface area contributed by atoms with Gasteiger partial charge in [0.1, 0.15) is 5.69 Å². The van der Waals surface area contributed by atoms with E-state index in [1.807, 2.05) is 7.05 Å². The lowest BCUT2D eigenvalue weighted by Gasteiger charge is -2.38. The van der Waals surface area contributed by atoms with E-state index >= 15 is 0 Å². The number of carbonyl (C=O) groups excluding carboxylic acids is 1. The summed E-state index contributed by atoms with van der Waals surface area (Å²) in [5.74, 6) is -1.11. The summed E-state index contributed by atoms with van der Waals surface area (Å²) < 4.78 is 1.68. The molecule has 0 spiro atoms. The predicted octanol–water partition coefficient (Wildman–Crippen LogP) is 0.635. The van der Waals surface area contributed by atoms with Crippen molar-refractivity contribution in [3.05, 3.63) is 23.5 Å². The number of aromatic carboxylic acids is 1. The van der Waals surface area contributed by atoms with Crippen LogP contribution in [0.15, 0.2) is 12.3 Å². The molecule has 1 saturated heterocycles. The lowest BCUT2D eigenvalue weighted by Crippen LogP contribution is -2.51.